The molecule has 0 radical (unpaired) electrons. The molecule has 6 heteroatoms. The van der Waals surface area contributed by atoms with E-state index in [0.29, 0.717) is 12.8 Å². The first-order valence-corrected chi connectivity index (χ1v) is 5.31. The van der Waals surface area contributed by atoms with E-state index >= 15 is 0 Å². The largest absolute Gasteiger partial charge is 0.468 e. The van der Waals surface area contributed by atoms with Crippen LogP contribution in [0.2, 0.25) is 0 Å². The summed E-state index contributed by atoms with van der Waals surface area (Å²) in [4.78, 5) is 10.8. The van der Waals surface area contributed by atoms with Crippen LogP contribution in [0.25, 0.3) is 0 Å². The molecule has 0 aliphatic rings. The minimum atomic E-state index is -1.03. The Bertz CT molecular complexity index is 172. The molecule has 0 saturated carbocycles. The Kier molecular flexibility index (Phi) is 6.48. The molecular formula is C7H10Cl4O2. The average molecular weight is 268 g/mol. The van der Waals surface area contributed by atoms with E-state index < -0.39 is 15.7 Å². The molecule has 0 spiro atoms. The summed E-state index contributed by atoms with van der Waals surface area (Å²) in [5.41, 5.74) is 0. The molecule has 0 aromatic carbocycles. The number of ether oxygens (including phenoxy) is 1. The molecular weight excluding hydrogens is 258 g/mol. The molecule has 13 heavy (non-hydrogen) atoms. The summed E-state index contributed by atoms with van der Waals surface area (Å²) in [5, 5.41) is -0.718. The molecule has 0 aliphatic carbocycles. The quantitative estimate of drug-likeness (QED) is 0.566. The smallest absolute Gasteiger partial charge is 0.323 e. The molecule has 0 aromatic rings. The zero-order valence-electron chi connectivity index (χ0n) is 7.03. The van der Waals surface area contributed by atoms with E-state index in [1.54, 1.807) is 0 Å². The fourth-order valence-electron chi connectivity index (χ4n) is 0.650. The first-order valence-electron chi connectivity index (χ1n) is 3.58. The second-order valence-electron chi connectivity index (χ2n) is 2.52. The van der Waals surface area contributed by atoms with Crippen molar-refractivity contribution >= 4 is 52.4 Å². The summed E-state index contributed by atoms with van der Waals surface area (Å²) in [6.45, 7) is 0. The molecule has 1 unspecified atom stereocenters. The van der Waals surface area contributed by atoms with E-state index in [4.69, 9.17) is 46.4 Å². The van der Waals surface area contributed by atoms with Crippen LogP contribution in [0.4, 0.5) is 0 Å². The Labute approximate surface area is 97.4 Å². The molecule has 0 rings (SSSR count). The highest BCUT2D eigenvalue weighted by Crippen LogP contribution is 2.29. The van der Waals surface area contributed by atoms with Crippen molar-refractivity contribution in [2.45, 2.75) is 22.6 Å². The molecule has 78 valence electrons. The highest BCUT2D eigenvalue weighted by atomic mass is 35.5. The Morgan fingerprint density at radius 2 is 2.08 bits per heavy atom. The lowest BCUT2D eigenvalue weighted by Crippen LogP contribution is -2.21. The van der Waals surface area contributed by atoms with Crippen molar-refractivity contribution in [2.75, 3.05) is 13.0 Å². The number of alkyl halides is 4. The summed E-state index contributed by atoms with van der Waals surface area (Å²) in [6.07, 6.45) is 0.691. The van der Waals surface area contributed by atoms with Gasteiger partial charge in [0.2, 0.25) is 0 Å². The van der Waals surface area contributed by atoms with E-state index in [2.05, 4.69) is 4.74 Å². The lowest BCUT2D eigenvalue weighted by Gasteiger charge is -2.16. The molecule has 2 nitrogen and oxygen atoms in total. The monoisotopic (exact) mass is 266 g/mol. The van der Waals surface area contributed by atoms with Gasteiger partial charge in [0, 0.05) is 0 Å². The Balaban J connectivity index is 3.82. The second-order valence-corrected chi connectivity index (χ2v) is 4.95. The molecule has 0 fully saturated rings. The molecule has 0 heterocycles. The first kappa shape index (κ1) is 13.6. The summed E-state index contributed by atoms with van der Waals surface area (Å²) in [7, 11) is 1.27. The highest BCUT2D eigenvalue weighted by Gasteiger charge is 2.26. The number of carbonyl (C=O) groups is 1. The van der Waals surface area contributed by atoms with E-state index in [1.807, 2.05) is 0 Å². The maximum Gasteiger partial charge on any atom is 0.323 e. The fourth-order valence-corrected chi connectivity index (χ4v) is 1.20. The maximum absolute atomic E-state index is 10.8. The van der Waals surface area contributed by atoms with E-state index in [9.17, 15) is 4.79 Å². The number of methoxy groups -OCH3 is 1. The van der Waals surface area contributed by atoms with Crippen molar-refractivity contribution < 1.29 is 9.53 Å². The molecule has 0 saturated heterocycles. The Morgan fingerprint density at radius 1 is 1.54 bits per heavy atom. The summed E-state index contributed by atoms with van der Waals surface area (Å²) in [5.74, 6) is -0.388. The van der Waals surface area contributed by atoms with Crippen LogP contribution in [-0.2, 0) is 9.53 Å². The Morgan fingerprint density at radius 3 is 2.46 bits per heavy atom. The fraction of sp³-hybridized carbons (Fsp3) is 0.857. The van der Waals surface area contributed by atoms with Crippen molar-refractivity contribution in [3.8, 4) is 0 Å². The van der Waals surface area contributed by atoms with E-state index in [-0.39, 0.29) is 5.88 Å². The lowest BCUT2D eigenvalue weighted by molar-refractivity contribution is -0.140. The first-order chi connectivity index (χ1) is 5.93. The van der Waals surface area contributed by atoms with Crippen LogP contribution in [-0.4, -0.2) is 28.7 Å². The summed E-state index contributed by atoms with van der Waals surface area (Å²) >= 11 is 22.6. The third-order valence-corrected chi connectivity index (χ3v) is 3.19. The molecule has 0 aliphatic heterocycles. The van der Waals surface area contributed by atoms with Crippen molar-refractivity contribution in [3.05, 3.63) is 0 Å². The minimum absolute atomic E-state index is 0.0981. The van der Waals surface area contributed by atoms with Gasteiger partial charge in [0.1, 0.15) is 9.71 Å². The van der Waals surface area contributed by atoms with Gasteiger partial charge in [-0.25, -0.2) is 0 Å². The van der Waals surface area contributed by atoms with Crippen LogP contribution in [0.5, 0.6) is 0 Å². The SMILES string of the molecule is COC(=O)C(Cl)CCC(Cl)(Cl)CCl. The van der Waals surface area contributed by atoms with Crippen molar-refractivity contribution in [3.63, 3.8) is 0 Å². The maximum atomic E-state index is 10.8. The topological polar surface area (TPSA) is 26.3 Å². The zero-order valence-corrected chi connectivity index (χ0v) is 10.1. The van der Waals surface area contributed by atoms with Crippen molar-refractivity contribution in [1.29, 1.82) is 0 Å². The molecule has 0 bridgehead atoms. The van der Waals surface area contributed by atoms with Crippen molar-refractivity contribution in [2.24, 2.45) is 0 Å². The summed E-state index contributed by atoms with van der Waals surface area (Å²) < 4.78 is 3.40. The predicted molar refractivity (Wildman–Crippen MR) is 56.0 cm³/mol. The molecule has 0 amide bonds. The lowest BCUT2D eigenvalue weighted by atomic mass is 10.2. The van der Waals surface area contributed by atoms with Gasteiger partial charge in [-0.3, -0.25) is 4.79 Å². The van der Waals surface area contributed by atoms with Crippen LogP contribution in [0.15, 0.2) is 0 Å². The van der Waals surface area contributed by atoms with Crippen molar-refractivity contribution in [1.82, 2.24) is 0 Å². The predicted octanol–water partition coefficient (Wildman–Crippen LogP) is 2.96. The number of carbonyl (C=O) groups excluding carboxylic acids is 1. The van der Waals surface area contributed by atoms with Crippen LogP contribution < -0.4 is 0 Å². The second kappa shape index (κ2) is 6.18. The van der Waals surface area contributed by atoms with Gasteiger partial charge in [-0.15, -0.1) is 46.4 Å². The van der Waals surface area contributed by atoms with E-state index in [1.165, 1.54) is 7.11 Å². The van der Waals surface area contributed by atoms with Gasteiger partial charge in [-0.2, -0.15) is 0 Å². The highest BCUT2D eigenvalue weighted by molar-refractivity contribution is 6.51. The molecule has 0 aromatic heterocycles. The van der Waals surface area contributed by atoms with Gasteiger partial charge < -0.3 is 4.74 Å². The Hall–Kier alpha value is 0.630. The zero-order chi connectivity index (χ0) is 10.5. The normalized spacial score (nSPS) is 13.9. The number of hydrogen-bond acceptors (Lipinski definition) is 2. The number of hydrogen-bond donors (Lipinski definition) is 0. The van der Waals surface area contributed by atoms with Crippen LogP contribution in [0, 0.1) is 0 Å². The van der Waals surface area contributed by atoms with Crippen LogP contribution in [0.1, 0.15) is 12.8 Å². The summed E-state index contributed by atoms with van der Waals surface area (Å²) in [6, 6.07) is 0. The number of halogens is 4. The number of rotatable bonds is 5. The van der Waals surface area contributed by atoms with Gasteiger partial charge in [-0.1, -0.05) is 0 Å². The molecule has 0 N–H and O–H groups in total. The van der Waals surface area contributed by atoms with Gasteiger partial charge in [0.05, 0.1) is 13.0 Å². The van der Waals surface area contributed by atoms with Crippen LogP contribution >= 0.6 is 46.4 Å². The third-order valence-electron chi connectivity index (χ3n) is 1.42. The number of esters is 1. The average Bonchev–Trinajstić information content (AvgIpc) is 2.13. The van der Waals surface area contributed by atoms with Gasteiger partial charge in [0.15, 0.2) is 0 Å². The van der Waals surface area contributed by atoms with E-state index in [0.717, 1.165) is 0 Å². The standard InChI is InChI=1S/C7H10Cl4O2/c1-13-6(12)5(9)2-3-7(10,11)4-8/h5H,2-4H2,1H3. The van der Waals surface area contributed by atoms with Gasteiger partial charge in [-0.05, 0) is 12.8 Å². The van der Waals surface area contributed by atoms with Crippen LogP contribution in [0.3, 0.4) is 0 Å². The van der Waals surface area contributed by atoms with Gasteiger partial charge in [0.25, 0.3) is 0 Å². The minimum Gasteiger partial charge on any atom is -0.468 e. The third kappa shape index (κ3) is 5.84. The van der Waals surface area contributed by atoms with Gasteiger partial charge >= 0.3 is 5.97 Å². The molecule has 1 atom stereocenters.